The predicted molar refractivity (Wildman–Crippen MR) is 89.6 cm³/mol. The first kappa shape index (κ1) is 17.2. The Bertz CT molecular complexity index is 670. The lowest BCUT2D eigenvalue weighted by atomic mass is 10.3. The molecule has 1 atom stereocenters. The summed E-state index contributed by atoms with van der Waals surface area (Å²) in [6, 6.07) is 3.06. The summed E-state index contributed by atoms with van der Waals surface area (Å²) in [5, 5.41) is 8.96. The first-order valence-electron chi connectivity index (χ1n) is 6.09. The summed E-state index contributed by atoms with van der Waals surface area (Å²) in [5.41, 5.74) is 5.64. The first-order valence-corrected chi connectivity index (χ1v) is 8.11. The Morgan fingerprint density at radius 2 is 1.95 bits per heavy atom. The van der Waals surface area contributed by atoms with Crippen molar-refractivity contribution in [1.82, 2.24) is 20.2 Å². The second-order valence-corrected chi connectivity index (χ2v) is 6.90. The van der Waals surface area contributed by atoms with Gasteiger partial charge in [-0.2, -0.15) is 0 Å². The van der Waals surface area contributed by atoms with Crippen LogP contribution in [0.5, 0.6) is 0 Å². The van der Waals surface area contributed by atoms with Crippen LogP contribution in [0, 0.1) is 0 Å². The second-order valence-electron chi connectivity index (χ2n) is 4.34. The Balaban J connectivity index is 1.97. The third-order valence-corrected chi connectivity index (χ3v) is 4.60. The van der Waals surface area contributed by atoms with Crippen LogP contribution in [0.3, 0.4) is 0 Å². The Morgan fingerprint density at radius 1 is 1.32 bits per heavy atom. The zero-order valence-corrected chi connectivity index (χ0v) is 14.7. The lowest BCUT2D eigenvalue weighted by Crippen LogP contribution is -2.35. The molecule has 0 saturated heterocycles. The van der Waals surface area contributed by atoms with Crippen molar-refractivity contribution in [3.8, 4) is 0 Å². The molecule has 0 aliphatic rings. The number of hydrogen-bond donors (Lipinski definition) is 2. The zero-order valence-electron chi connectivity index (χ0n) is 11.6. The van der Waals surface area contributed by atoms with Crippen molar-refractivity contribution < 1.29 is 4.79 Å². The molecule has 1 amide bonds. The molecule has 1 unspecified atom stereocenters. The molecule has 0 radical (unpaired) electrons. The highest BCUT2D eigenvalue weighted by Gasteiger charge is 2.17. The van der Waals surface area contributed by atoms with Gasteiger partial charge in [0.25, 0.3) is 5.91 Å². The topological polar surface area (TPSA) is 71.8 Å². The number of benzene rings is 1. The molecule has 0 spiro atoms. The van der Waals surface area contributed by atoms with Gasteiger partial charge < -0.3 is 4.57 Å². The van der Waals surface area contributed by atoms with Crippen LogP contribution >= 0.6 is 46.6 Å². The lowest BCUT2D eigenvalue weighted by molar-refractivity contribution is -0.119. The van der Waals surface area contributed by atoms with Gasteiger partial charge in [0.1, 0.15) is 6.33 Å². The molecular weight excluding hydrogens is 369 g/mol. The highest BCUT2D eigenvalue weighted by Crippen LogP contribution is 2.33. The third-order valence-electron chi connectivity index (χ3n) is 2.64. The van der Waals surface area contributed by atoms with Crippen molar-refractivity contribution in [1.29, 1.82) is 0 Å². The van der Waals surface area contributed by atoms with Gasteiger partial charge in [-0.05, 0) is 19.1 Å². The fourth-order valence-electron chi connectivity index (χ4n) is 1.48. The van der Waals surface area contributed by atoms with Gasteiger partial charge in [-0.1, -0.05) is 46.6 Å². The van der Waals surface area contributed by atoms with E-state index in [-0.39, 0.29) is 11.2 Å². The number of hydrazine groups is 1. The molecule has 0 aliphatic carbocycles. The number of hydrogen-bond acceptors (Lipinski definition) is 5. The van der Waals surface area contributed by atoms with E-state index in [1.165, 1.54) is 23.9 Å². The number of rotatable bonds is 5. The molecule has 2 rings (SSSR count). The van der Waals surface area contributed by atoms with E-state index >= 15 is 0 Å². The van der Waals surface area contributed by atoms with Crippen LogP contribution in [-0.4, -0.2) is 25.9 Å². The van der Waals surface area contributed by atoms with Crippen molar-refractivity contribution in [3.05, 3.63) is 33.5 Å². The quantitative estimate of drug-likeness (QED) is 0.614. The summed E-state index contributed by atoms with van der Waals surface area (Å²) in [6.07, 6.45) is 1.57. The van der Waals surface area contributed by atoms with Crippen molar-refractivity contribution in [2.24, 2.45) is 7.05 Å². The van der Waals surface area contributed by atoms with Crippen molar-refractivity contribution in [3.63, 3.8) is 0 Å². The molecule has 6 nitrogen and oxygen atoms in total. The van der Waals surface area contributed by atoms with E-state index in [0.717, 1.165) is 0 Å². The number of halogens is 3. The van der Waals surface area contributed by atoms with Crippen LogP contribution in [0.2, 0.25) is 15.1 Å². The van der Waals surface area contributed by atoms with E-state index in [4.69, 9.17) is 34.8 Å². The average molecular weight is 381 g/mol. The van der Waals surface area contributed by atoms with Gasteiger partial charge in [0.05, 0.1) is 21.0 Å². The SMILES string of the molecule is CC(Sc1nncn1C)C(=O)NNc1c(Cl)cc(Cl)cc1Cl. The van der Waals surface area contributed by atoms with E-state index in [1.54, 1.807) is 24.9 Å². The van der Waals surface area contributed by atoms with Crippen molar-refractivity contribution in [2.75, 3.05) is 5.43 Å². The molecule has 0 saturated carbocycles. The molecule has 0 aliphatic heterocycles. The molecule has 0 bridgehead atoms. The van der Waals surface area contributed by atoms with E-state index < -0.39 is 0 Å². The molecular formula is C12H12Cl3N5OS. The van der Waals surface area contributed by atoms with E-state index in [1.807, 2.05) is 0 Å². The molecule has 1 aromatic heterocycles. The minimum atomic E-state index is -0.389. The maximum atomic E-state index is 12.1. The number of carbonyl (C=O) groups excluding carboxylic acids is 1. The Hall–Kier alpha value is -1.15. The zero-order chi connectivity index (χ0) is 16.3. The van der Waals surface area contributed by atoms with Gasteiger partial charge in [-0.15, -0.1) is 10.2 Å². The Kier molecular flexibility index (Phi) is 5.80. The Labute approximate surface area is 146 Å². The number of amides is 1. The monoisotopic (exact) mass is 379 g/mol. The summed E-state index contributed by atoms with van der Waals surface area (Å²) in [4.78, 5) is 12.1. The minimum absolute atomic E-state index is 0.255. The highest BCUT2D eigenvalue weighted by atomic mass is 35.5. The van der Waals surface area contributed by atoms with Gasteiger partial charge >= 0.3 is 0 Å². The standard InChI is InChI=1S/C12H12Cl3N5OS/c1-6(22-12-19-16-5-20(12)2)11(21)18-17-10-8(14)3-7(13)4-9(10)15/h3-6,17H,1-2H3,(H,18,21). The third kappa shape index (κ3) is 4.19. The molecule has 22 heavy (non-hydrogen) atoms. The summed E-state index contributed by atoms with van der Waals surface area (Å²) in [7, 11) is 1.80. The van der Waals surface area contributed by atoms with Gasteiger partial charge in [0.15, 0.2) is 5.16 Å². The molecule has 0 fully saturated rings. The molecule has 2 N–H and O–H groups in total. The number of nitrogens with one attached hydrogen (secondary N) is 2. The maximum absolute atomic E-state index is 12.1. The van der Waals surface area contributed by atoms with Crippen molar-refractivity contribution >= 4 is 58.2 Å². The van der Waals surface area contributed by atoms with Crippen LogP contribution in [0.4, 0.5) is 5.69 Å². The smallest absolute Gasteiger partial charge is 0.251 e. The lowest BCUT2D eigenvalue weighted by Gasteiger charge is -2.15. The summed E-state index contributed by atoms with van der Waals surface area (Å²) in [6.45, 7) is 1.75. The van der Waals surface area contributed by atoms with Crippen LogP contribution in [-0.2, 0) is 11.8 Å². The molecule has 10 heteroatoms. The minimum Gasteiger partial charge on any atom is -0.312 e. The van der Waals surface area contributed by atoms with Crippen LogP contribution in [0.1, 0.15) is 6.92 Å². The number of carbonyl (C=O) groups is 1. The summed E-state index contributed by atoms with van der Waals surface area (Å²) < 4.78 is 1.73. The van der Waals surface area contributed by atoms with Crippen LogP contribution in [0.15, 0.2) is 23.6 Å². The van der Waals surface area contributed by atoms with Gasteiger partial charge in [-0.3, -0.25) is 15.6 Å². The fourth-order valence-corrected chi connectivity index (χ4v) is 3.18. The molecule has 2 aromatic rings. The fraction of sp³-hybridized carbons (Fsp3) is 0.250. The number of nitrogens with zero attached hydrogens (tertiary/aromatic N) is 3. The second kappa shape index (κ2) is 7.41. The number of aromatic nitrogens is 3. The van der Waals surface area contributed by atoms with Crippen molar-refractivity contribution in [2.45, 2.75) is 17.3 Å². The Morgan fingerprint density at radius 3 is 2.50 bits per heavy atom. The molecule has 1 heterocycles. The van der Waals surface area contributed by atoms with Crippen LogP contribution < -0.4 is 10.9 Å². The van der Waals surface area contributed by atoms with E-state index in [9.17, 15) is 4.79 Å². The number of thioether (sulfide) groups is 1. The normalized spacial score (nSPS) is 12.0. The summed E-state index contributed by atoms with van der Waals surface area (Å²) >= 11 is 19.2. The largest absolute Gasteiger partial charge is 0.312 e. The number of aryl methyl sites for hydroxylation is 1. The summed E-state index contributed by atoms with van der Waals surface area (Å²) in [5.74, 6) is -0.255. The molecule has 1 aromatic carbocycles. The number of anilines is 1. The van der Waals surface area contributed by atoms with Gasteiger partial charge in [-0.25, -0.2) is 0 Å². The molecule has 118 valence electrons. The first-order chi connectivity index (χ1) is 10.4. The van der Waals surface area contributed by atoms with Gasteiger partial charge in [0, 0.05) is 12.1 Å². The van der Waals surface area contributed by atoms with Gasteiger partial charge in [0.2, 0.25) is 0 Å². The van der Waals surface area contributed by atoms with E-state index in [2.05, 4.69) is 21.0 Å². The maximum Gasteiger partial charge on any atom is 0.251 e. The highest BCUT2D eigenvalue weighted by molar-refractivity contribution is 8.00. The average Bonchev–Trinajstić information content (AvgIpc) is 2.82. The van der Waals surface area contributed by atoms with E-state index in [0.29, 0.717) is 25.9 Å². The van der Waals surface area contributed by atoms with Crippen LogP contribution in [0.25, 0.3) is 0 Å². The predicted octanol–water partition coefficient (Wildman–Crippen LogP) is 3.40.